The average molecular weight is 521 g/mol. The molecule has 1 N–H and O–H groups in total. The standard InChI is InChI=1S/C21H23ClF2N4O3.2H2S/c1-3-16(17-4-6-25-27-17)26-20(30)21(31)28-7-5-13(11(28)2)18(29)10-12-8-14(22)19(24)15(23)9-12;;/h4,8-9,11,13,16H,3,5-7,10H2,1-2H3,(H,26,30);2*1H2/t11-,13-,16-;;/m0../s1. The van der Waals surface area contributed by atoms with Gasteiger partial charge in [0.25, 0.3) is 0 Å². The highest BCUT2D eigenvalue weighted by Crippen LogP contribution is 2.28. The maximum Gasteiger partial charge on any atom is 0.312 e. The fourth-order valence-electron chi connectivity index (χ4n) is 3.94. The summed E-state index contributed by atoms with van der Waals surface area (Å²) in [7, 11) is 0. The molecule has 1 saturated heterocycles. The van der Waals surface area contributed by atoms with Crippen molar-refractivity contribution in [1.29, 1.82) is 0 Å². The first kappa shape index (κ1) is 29.1. The number of halogens is 3. The van der Waals surface area contributed by atoms with Crippen molar-refractivity contribution in [2.24, 2.45) is 16.1 Å². The number of hydrogen-bond acceptors (Lipinski definition) is 5. The number of hydrogen-bond donors (Lipinski definition) is 1. The van der Waals surface area contributed by atoms with E-state index in [1.54, 1.807) is 13.0 Å². The van der Waals surface area contributed by atoms with Gasteiger partial charge in [0.15, 0.2) is 11.6 Å². The van der Waals surface area contributed by atoms with E-state index in [0.29, 0.717) is 25.1 Å². The van der Waals surface area contributed by atoms with Crippen molar-refractivity contribution in [2.45, 2.75) is 45.2 Å². The van der Waals surface area contributed by atoms with Crippen molar-refractivity contribution >= 4 is 56.2 Å². The third-order valence-corrected chi connectivity index (χ3v) is 5.96. The monoisotopic (exact) mass is 520 g/mol. The first-order valence-electron chi connectivity index (χ1n) is 10.1. The van der Waals surface area contributed by atoms with Crippen LogP contribution >= 0.6 is 38.6 Å². The van der Waals surface area contributed by atoms with Crippen LogP contribution in [-0.2, 0) is 20.8 Å². The fourth-order valence-corrected chi connectivity index (χ4v) is 4.17. The third kappa shape index (κ3) is 6.54. The second kappa shape index (κ2) is 12.5. The van der Waals surface area contributed by atoms with Gasteiger partial charge in [-0.3, -0.25) is 14.4 Å². The molecule has 1 aromatic carbocycles. The molecular formula is C21H27ClF2N4O3S2. The normalized spacial score (nSPS) is 19.9. The van der Waals surface area contributed by atoms with Gasteiger partial charge < -0.3 is 10.2 Å². The molecule has 2 aliphatic rings. The first-order chi connectivity index (χ1) is 14.7. The minimum Gasteiger partial charge on any atom is -0.339 e. The molecule has 2 heterocycles. The lowest BCUT2D eigenvalue weighted by Gasteiger charge is -2.25. The Hall–Kier alpha value is -1.98. The van der Waals surface area contributed by atoms with E-state index in [2.05, 4.69) is 15.5 Å². The van der Waals surface area contributed by atoms with Crippen LogP contribution in [0.15, 0.2) is 34.1 Å². The van der Waals surface area contributed by atoms with Crippen LogP contribution in [0.2, 0.25) is 5.02 Å². The van der Waals surface area contributed by atoms with E-state index in [1.807, 2.05) is 6.92 Å². The highest BCUT2D eigenvalue weighted by atomic mass is 35.5. The van der Waals surface area contributed by atoms with E-state index in [-0.39, 0.29) is 51.3 Å². The van der Waals surface area contributed by atoms with Crippen LogP contribution in [0.4, 0.5) is 8.78 Å². The molecule has 0 bridgehead atoms. The van der Waals surface area contributed by atoms with E-state index in [4.69, 9.17) is 11.6 Å². The SMILES string of the molecule is CC[C@H](NC(=O)C(=O)N1CC[C@H](C(=O)Cc2cc(F)c(F)c(Cl)c2)[C@@H]1C)C1=CCN=N1.S.S. The summed E-state index contributed by atoms with van der Waals surface area (Å²) in [6.45, 7) is 4.26. The molecule has 182 valence electrons. The number of nitrogens with zero attached hydrogens (tertiary/aromatic N) is 3. The third-order valence-electron chi connectivity index (χ3n) is 5.68. The van der Waals surface area contributed by atoms with Gasteiger partial charge in [-0.15, -0.1) is 0 Å². The Morgan fingerprint density at radius 1 is 1.27 bits per heavy atom. The first-order valence-corrected chi connectivity index (χ1v) is 10.5. The fraction of sp³-hybridized carbons (Fsp3) is 0.476. The molecule has 1 aromatic rings. The Labute approximate surface area is 209 Å². The van der Waals surface area contributed by atoms with Crippen molar-refractivity contribution in [3.63, 3.8) is 0 Å². The quantitative estimate of drug-likeness (QED) is 0.460. The molecule has 3 rings (SSSR count). The van der Waals surface area contributed by atoms with Gasteiger partial charge in [0.2, 0.25) is 0 Å². The van der Waals surface area contributed by atoms with Gasteiger partial charge >= 0.3 is 11.8 Å². The zero-order valence-electron chi connectivity index (χ0n) is 18.2. The van der Waals surface area contributed by atoms with Crippen LogP contribution in [0.3, 0.4) is 0 Å². The van der Waals surface area contributed by atoms with Gasteiger partial charge in [0.1, 0.15) is 5.78 Å². The Bertz CT molecular complexity index is 954. The van der Waals surface area contributed by atoms with Crippen LogP contribution in [0.1, 0.15) is 32.3 Å². The molecule has 0 aromatic heterocycles. The molecule has 3 atom stereocenters. The number of azo groups is 1. The van der Waals surface area contributed by atoms with Gasteiger partial charge in [-0.2, -0.15) is 37.2 Å². The molecule has 33 heavy (non-hydrogen) atoms. The number of ketones is 1. The molecule has 2 aliphatic heterocycles. The molecule has 0 radical (unpaired) electrons. The predicted octanol–water partition coefficient (Wildman–Crippen LogP) is 3.44. The molecule has 1 fully saturated rings. The van der Waals surface area contributed by atoms with E-state index in [1.165, 1.54) is 11.0 Å². The number of Topliss-reactive ketones (excluding diaryl/α,β-unsaturated/α-hetero) is 1. The second-order valence-corrected chi connectivity index (χ2v) is 8.05. The Morgan fingerprint density at radius 2 is 1.97 bits per heavy atom. The lowest BCUT2D eigenvalue weighted by molar-refractivity contribution is -0.147. The van der Waals surface area contributed by atoms with Gasteiger partial charge in [-0.05, 0) is 43.5 Å². The smallest absolute Gasteiger partial charge is 0.312 e. The molecule has 12 heteroatoms. The van der Waals surface area contributed by atoms with Crippen LogP contribution < -0.4 is 5.32 Å². The Morgan fingerprint density at radius 3 is 2.55 bits per heavy atom. The van der Waals surface area contributed by atoms with Gasteiger partial charge in [-0.1, -0.05) is 18.5 Å². The van der Waals surface area contributed by atoms with Gasteiger partial charge in [0, 0.05) is 24.9 Å². The van der Waals surface area contributed by atoms with Crippen LogP contribution in [0.5, 0.6) is 0 Å². The number of likely N-dealkylation sites (tertiary alicyclic amines) is 1. The molecule has 7 nitrogen and oxygen atoms in total. The number of amides is 2. The van der Waals surface area contributed by atoms with Crippen molar-refractivity contribution < 1.29 is 23.2 Å². The predicted molar refractivity (Wildman–Crippen MR) is 130 cm³/mol. The van der Waals surface area contributed by atoms with Crippen LogP contribution in [-0.4, -0.2) is 47.7 Å². The summed E-state index contributed by atoms with van der Waals surface area (Å²) in [5, 5.41) is 10.1. The van der Waals surface area contributed by atoms with E-state index >= 15 is 0 Å². The van der Waals surface area contributed by atoms with Crippen molar-refractivity contribution in [2.75, 3.05) is 13.1 Å². The number of carbonyl (C=O) groups is 3. The average Bonchev–Trinajstić information content (AvgIpc) is 3.39. The summed E-state index contributed by atoms with van der Waals surface area (Å²) in [5.41, 5.74) is 0.879. The minimum atomic E-state index is -1.16. The maximum absolute atomic E-state index is 13.6. The molecule has 0 aliphatic carbocycles. The van der Waals surface area contributed by atoms with Gasteiger partial charge in [0.05, 0.1) is 23.3 Å². The van der Waals surface area contributed by atoms with E-state index < -0.39 is 46.5 Å². The highest BCUT2D eigenvalue weighted by molar-refractivity contribution is 7.59. The summed E-state index contributed by atoms with van der Waals surface area (Å²) < 4.78 is 26.9. The zero-order valence-corrected chi connectivity index (χ0v) is 21.0. The summed E-state index contributed by atoms with van der Waals surface area (Å²) in [6, 6.07) is 1.25. The lowest BCUT2D eigenvalue weighted by atomic mass is 9.92. The summed E-state index contributed by atoms with van der Waals surface area (Å²) in [4.78, 5) is 39.3. The summed E-state index contributed by atoms with van der Waals surface area (Å²) >= 11 is 5.65. The molecule has 0 saturated carbocycles. The van der Waals surface area contributed by atoms with E-state index in [0.717, 1.165) is 6.07 Å². The number of nitrogens with one attached hydrogen (secondary N) is 1. The van der Waals surface area contributed by atoms with Crippen molar-refractivity contribution in [3.8, 4) is 0 Å². The molecule has 0 unspecified atom stereocenters. The Balaban J connectivity index is 0.00000272. The second-order valence-electron chi connectivity index (χ2n) is 7.64. The van der Waals surface area contributed by atoms with Gasteiger partial charge in [-0.25, -0.2) is 8.78 Å². The molecule has 2 amide bonds. The van der Waals surface area contributed by atoms with Crippen molar-refractivity contribution in [3.05, 3.63) is 46.1 Å². The maximum atomic E-state index is 13.6. The number of rotatable bonds is 6. The Kier molecular flexibility index (Phi) is 11.0. The number of benzene rings is 1. The topological polar surface area (TPSA) is 91.2 Å². The largest absolute Gasteiger partial charge is 0.339 e. The zero-order chi connectivity index (χ0) is 22.7. The van der Waals surface area contributed by atoms with E-state index in [9.17, 15) is 23.2 Å². The molecular weight excluding hydrogens is 494 g/mol. The lowest BCUT2D eigenvalue weighted by Crippen LogP contribution is -2.48. The summed E-state index contributed by atoms with van der Waals surface area (Å²) in [6.07, 6.45) is 2.58. The summed E-state index contributed by atoms with van der Waals surface area (Å²) in [5.74, 6) is -4.50. The number of carbonyl (C=O) groups excluding carboxylic acids is 3. The molecule has 0 spiro atoms. The minimum absolute atomic E-state index is 0. The van der Waals surface area contributed by atoms with Crippen LogP contribution in [0, 0.1) is 17.6 Å². The highest BCUT2D eigenvalue weighted by Gasteiger charge is 2.40. The van der Waals surface area contributed by atoms with Crippen LogP contribution in [0.25, 0.3) is 0 Å². The van der Waals surface area contributed by atoms with Crippen molar-refractivity contribution in [1.82, 2.24) is 10.2 Å².